The Morgan fingerprint density at radius 1 is 1.28 bits per heavy atom. The van der Waals surface area contributed by atoms with E-state index in [-0.39, 0.29) is 36.7 Å². The van der Waals surface area contributed by atoms with Gasteiger partial charge in [-0.2, -0.15) is 0 Å². The minimum Gasteiger partial charge on any atom is -0.361 e. The van der Waals surface area contributed by atoms with Crippen molar-refractivity contribution in [3.05, 3.63) is 52.7 Å². The third-order valence-corrected chi connectivity index (χ3v) is 6.64. The molecule has 0 aliphatic carbocycles. The molecule has 1 aliphatic rings. The quantitative estimate of drug-likeness (QED) is 0.815. The normalized spacial score (nSPS) is 20.3. The van der Waals surface area contributed by atoms with Gasteiger partial charge in [-0.25, -0.2) is 12.8 Å². The molecular weight excluding hydrogens is 347 g/mol. The summed E-state index contributed by atoms with van der Waals surface area (Å²) in [6, 6.07) is 5.88. The molecule has 1 fully saturated rings. The zero-order valence-electron chi connectivity index (χ0n) is 14.0. The molecule has 0 radical (unpaired) electrons. The van der Waals surface area contributed by atoms with Gasteiger partial charge in [-0.05, 0) is 26.3 Å². The second kappa shape index (κ2) is 6.59. The maximum absolute atomic E-state index is 14.1. The number of carbonyl (C=O) groups excluding carboxylic acids is 1. The lowest BCUT2D eigenvalue weighted by molar-refractivity contribution is 0.0764. The summed E-state index contributed by atoms with van der Waals surface area (Å²) in [5.41, 5.74) is 0.996. The maximum atomic E-state index is 14.1. The molecule has 2 aromatic rings. The number of amides is 1. The summed E-state index contributed by atoms with van der Waals surface area (Å²) in [4.78, 5) is 14.2. The maximum Gasteiger partial charge on any atom is 0.259 e. The van der Waals surface area contributed by atoms with Crippen LogP contribution in [0.5, 0.6) is 0 Å². The first-order valence-corrected chi connectivity index (χ1v) is 9.71. The molecule has 0 bridgehead atoms. The van der Waals surface area contributed by atoms with Crippen LogP contribution in [0.3, 0.4) is 0 Å². The van der Waals surface area contributed by atoms with E-state index in [0.717, 1.165) is 0 Å². The Morgan fingerprint density at radius 2 is 2.00 bits per heavy atom. The molecule has 3 rings (SSSR count). The lowest BCUT2D eigenvalue weighted by atomic mass is 10.1. The number of halogens is 1. The zero-order valence-corrected chi connectivity index (χ0v) is 14.8. The molecule has 1 saturated heterocycles. The third kappa shape index (κ3) is 3.30. The van der Waals surface area contributed by atoms with Crippen LogP contribution in [-0.4, -0.2) is 43.2 Å². The lowest BCUT2D eigenvalue weighted by Gasteiger charge is -2.19. The van der Waals surface area contributed by atoms with Gasteiger partial charge in [0.1, 0.15) is 17.1 Å². The first kappa shape index (κ1) is 17.6. The van der Waals surface area contributed by atoms with Crippen molar-refractivity contribution >= 4 is 15.7 Å². The van der Waals surface area contributed by atoms with E-state index < -0.39 is 20.9 Å². The van der Waals surface area contributed by atoms with Crippen LogP contribution in [0, 0.1) is 19.7 Å². The minimum atomic E-state index is -3.56. The predicted molar refractivity (Wildman–Crippen MR) is 89.4 cm³/mol. The van der Waals surface area contributed by atoms with Crippen LogP contribution in [0.4, 0.5) is 4.39 Å². The van der Waals surface area contributed by atoms with E-state index in [1.807, 2.05) is 0 Å². The molecule has 1 atom stereocenters. The highest BCUT2D eigenvalue weighted by Crippen LogP contribution is 2.31. The lowest BCUT2D eigenvalue weighted by Crippen LogP contribution is -2.34. The fourth-order valence-electron chi connectivity index (χ4n) is 3.18. The van der Waals surface area contributed by atoms with Crippen molar-refractivity contribution in [1.29, 1.82) is 0 Å². The van der Waals surface area contributed by atoms with Crippen LogP contribution in [0.2, 0.25) is 0 Å². The Kier molecular flexibility index (Phi) is 4.64. The number of aryl methyl sites for hydroxylation is 2. The first-order valence-electron chi connectivity index (χ1n) is 7.99. The molecule has 1 aliphatic heterocycles. The molecule has 6 nitrogen and oxygen atoms in total. The van der Waals surface area contributed by atoms with Crippen molar-refractivity contribution in [3.8, 4) is 0 Å². The Hall–Kier alpha value is -2.22. The van der Waals surface area contributed by atoms with Crippen LogP contribution in [0.25, 0.3) is 0 Å². The van der Waals surface area contributed by atoms with Crippen LogP contribution in [0.1, 0.15) is 39.0 Å². The Bertz CT molecular complexity index is 888. The number of benzene rings is 1. The minimum absolute atomic E-state index is 0.0657. The van der Waals surface area contributed by atoms with Crippen molar-refractivity contribution in [2.45, 2.75) is 25.5 Å². The van der Waals surface area contributed by atoms with Crippen molar-refractivity contribution in [1.82, 2.24) is 10.1 Å². The van der Waals surface area contributed by atoms with E-state index in [0.29, 0.717) is 17.0 Å². The summed E-state index contributed by atoms with van der Waals surface area (Å²) < 4.78 is 44.3. The van der Waals surface area contributed by atoms with Gasteiger partial charge in [0.05, 0.1) is 16.7 Å². The highest BCUT2D eigenvalue weighted by molar-refractivity contribution is 7.91. The molecule has 134 valence electrons. The van der Waals surface area contributed by atoms with Gasteiger partial charge in [0, 0.05) is 18.7 Å². The smallest absolute Gasteiger partial charge is 0.259 e. The molecule has 0 spiro atoms. The van der Waals surface area contributed by atoms with Gasteiger partial charge >= 0.3 is 0 Å². The van der Waals surface area contributed by atoms with Gasteiger partial charge in [0.15, 0.2) is 9.84 Å². The number of rotatable bonds is 2. The number of carbonyl (C=O) groups is 1. The first-order chi connectivity index (χ1) is 11.8. The topological polar surface area (TPSA) is 80.5 Å². The fourth-order valence-corrected chi connectivity index (χ4v) is 4.98. The average molecular weight is 366 g/mol. The summed E-state index contributed by atoms with van der Waals surface area (Å²) in [5, 5.41) is 2.82. The number of hydrogen-bond acceptors (Lipinski definition) is 5. The zero-order chi connectivity index (χ0) is 18.2. The second-order valence-corrected chi connectivity index (χ2v) is 8.46. The molecule has 2 heterocycles. The highest BCUT2D eigenvalue weighted by Gasteiger charge is 2.35. The third-order valence-electron chi connectivity index (χ3n) is 4.53. The van der Waals surface area contributed by atoms with E-state index in [2.05, 4.69) is 5.16 Å². The van der Waals surface area contributed by atoms with E-state index in [9.17, 15) is 17.6 Å². The largest absolute Gasteiger partial charge is 0.361 e. The van der Waals surface area contributed by atoms with Crippen molar-refractivity contribution in [2.24, 2.45) is 0 Å². The molecule has 1 amide bonds. The molecule has 25 heavy (non-hydrogen) atoms. The average Bonchev–Trinajstić information content (AvgIpc) is 2.80. The number of sulfone groups is 1. The summed E-state index contributed by atoms with van der Waals surface area (Å²) >= 11 is 0. The molecule has 0 N–H and O–H groups in total. The summed E-state index contributed by atoms with van der Waals surface area (Å²) in [5.74, 6) is -0.649. The predicted octanol–water partition coefficient (Wildman–Crippen LogP) is 2.43. The SMILES string of the molecule is Cc1noc(C)c1C(=O)N1CCC(c2ccccc2F)S(=O)(=O)CC1. The monoisotopic (exact) mass is 366 g/mol. The Labute approximate surface area is 145 Å². The standard InChI is InChI=1S/C17H19FN2O4S/c1-11-16(12(2)24-19-11)17(21)20-8-7-15(25(22,23)10-9-20)13-5-3-4-6-14(13)18/h3-6,15H,7-10H2,1-2H3. The van der Waals surface area contributed by atoms with Crippen molar-refractivity contribution < 1.29 is 22.1 Å². The number of aromatic nitrogens is 1. The van der Waals surface area contributed by atoms with Gasteiger partial charge in [-0.1, -0.05) is 23.4 Å². The van der Waals surface area contributed by atoms with E-state index in [1.54, 1.807) is 19.9 Å². The molecule has 8 heteroatoms. The summed E-state index contributed by atoms with van der Waals surface area (Å²) in [6.07, 6.45) is 0.151. The van der Waals surface area contributed by atoms with Gasteiger partial charge < -0.3 is 9.42 Å². The van der Waals surface area contributed by atoms with Gasteiger partial charge in [0.25, 0.3) is 5.91 Å². The van der Waals surface area contributed by atoms with Crippen molar-refractivity contribution in [3.63, 3.8) is 0 Å². The summed E-state index contributed by atoms with van der Waals surface area (Å²) in [7, 11) is -3.56. The highest BCUT2D eigenvalue weighted by atomic mass is 32.2. The number of nitrogens with zero attached hydrogens (tertiary/aromatic N) is 2. The number of hydrogen-bond donors (Lipinski definition) is 0. The molecule has 1 unspecified atom stereocenters. The second-order valence-electron chi connectivity index (χ2n) is 6.16. The Balaban J connectivity index is 1.88. The van der Waals surface area contributed by atoms with E-state index >= 15 is 0 Å². The molecule has 1 aromatic carbocycles. The van der Waals surface area contributed by atoms with Crippen LogP contribution in [0.15, 0.2) is 28.8 Å². The Morgan fingerprint density at radius 3 is 2.64 bits per heavy atom. The van der Waals surface area contributed by atoms with Crippen LogP contribution >= 0.6 is 0 Å². The molecule has 0 saturated carbocycles. The van der Waals surface area contributed by atoms with Crippen LogP contribution < -0.4 is 0 Å². The van der Waals surface area contributed by atoms with Gasteiger partial charge in [-0.15, -0.1) is 0 Å². The van der Waals surface area contributed by atoms with Gasteiger partial charge in [-0.3, -0.25) is 4.79 Å². The van der Waals surface area contributed by atoms with Gasteiger partial charge in [0.2, 0.25) is 0 Å². The fraction of sp³-hybridized carbons (Fsp3) is 0.412. The molecule has 1 aromatic heterocycles. The van der Waals surface area contributed by atoms with E-state index in [1.165, 1.54) is 23.1 Å². The van der Waals surface area contributed by atoms with Crippen molar-refractivity contribution in [2.75, 3.05) is 18.8 Å². The van der Waals surface area contributed by atoms with Crippen LogP contribution in [-0.2, 0) is 9.84 Å². The van der Waals surface area contributed by atoms with E-state index in [4.69, 9.17) is 4.52 Å². The molecular formula is C17H19FN2O4S. The summed E-state index contributed by atoms with van der Waals surface area (Å²) in [6.45, 7) is 3.60.